The number of hydrogen-bond donors (Lipinski definition) is 1. The minimum absolute atomic E-state index is 0.0190. The summed E-state index contributed by atoms with van der Waals surface area (Å²) in [5.41, 5.74) is 2.12. The summed E-state index contributed by atoms with van der Waals surface area (Å²) < 4.78 is 5.56. The number of nitrogens with one attached hydrogen (secondary N) is 1. The lowest BCUT2D eigenvalue weighted by atomic mass is 9.72. The number of benzene rings is 1. The van der Waals surface area contributed by atoms with Gasteiger partial charge in [0.25, 0.3) is 0 Å². The fraction of sp³-hybridized carbons (Fsp3) is 0.619. The number of carbonyl (C=O) groups excluding carboxylic acids is 2. The van der Waals surface area contributed by atoms with E-state index in [1.165, 1.54) is 0 Å². The Morgan fingerprint density at radius 3 is 2.32 bits per heavy atom. The molecule has 1 aromatic carbocycles. The molecule has 1 N–H and O–H groups in total. The van der Waals surface area contributed by atoms with Gasteiger partial charge in [0.1, 0.15) is 6.10 Å². The van der Waals surface area contributed by atoms with Gasteiger partial charge in [0.15, 0.2) is 0 Å². The van der Waals surface area contributed by atoms with Gasteiger partial charge in [0, 0.05) is 12.1 Å². The molecule has 4 heteroatoms. The van der Waals surface area contributed by atoms with Crippen molar-refractivity contribution in [3.05, 3.63) is 29.8 Å². The molecule has 1 aromatic rings. The highest BCUT2D eigenvalue weighted by atomic mass is 16.5. The van der Waals surface area contributed by atoms with Crippen LogP contribution in [0.2, 0.25) is 0 Å². The van der Waals surface area contributed by atoms with Crippen LogP contribution < -0.4 is 5.32 Å². The van der Waals surface area contributed by atoms with Crippen molar-refractivity contribution in [3.63, 3.8) is 0 Å². The van der Waals surface area contributed by atoms with Crippen molar-refractivity contribution in [2.45, 2.75) is 72.3 Å². The molecule has 1 aliphatic rings. The van der Waals surface area contributed by atoms with Crippen LogP contribution in [-0.4, -0.2) is 18.0 Å². The van der Waals surface area contributed by atoms with Crippen molar-refractivity contribution in [2.75, 3.05) is 5.32 Å². The molecule has 0 spiro atoms. The Bertz CT molecular complexity index is 595. The first-order valence-corrected chi connectivity index (χ1v) is 9.30. The van der Waals surface area contributed by atoms with Gasteiger partial charge < -0.3 is 10.1 Å². The van der Waals surface area contributed by atoms with E-state index in [1.54, 1.807) is 0 Å². The number of rotatable bonds is 5. The molecule has 0 aromatic heterocycles. The largest absolute Gasteiger partial charge is 0.462 e. The Hall–Kier alpha value is -1.84. The molecule has 0 aliphatic heterocycles. The first-order chi connectivity index (χ1) is 11.8. The van der Waals surface area contributed by atoms with E-state index in [1.807, 2.05) is 31.2 Å². The van der Waals surface area contributed by atoms with Gasteiger partial charge in [-0.15, -0.1) is 0 Å². The maximum Gasteiger partial charge on any atom is 0.306 e. The third-order valence-corrected chi connectivity index (χ3v) is 5.17. The minimum Gasteiger partial charge on any atom is -0.462 e. The average molecular weight is 345 g/mol. The zero-order valence-corrected chi connectivity index (χ0v) is 15.9. The summed E-state index contributed by atoms with van der Waals surface area (Å²) in [4.78, 5) is 24.0. The van der Waals surface area contributed by atoms with Crippen molar-refractivity contribution in [2.24, 2.45) is 11.3 Å². The Balaban J connectivity index is 1.69. The lowest BCUT2D eigenvalue weighted by Gasteiger charge is -2.36. The average Bonchev–Trinajstić information content (AvgIpc) is 2.55. The number of ether oxygens (including phenoxy) is 1. The van der Waals surface area contributed by atoms with Gasteiger partial charge in [-0.25, -0.2) is 0 Å². The zero-order chi connectivity index (χ0) is 18.4. The van der Waals surface area contributed by atoms with E-state index in [0.717, 1.165) is 36.9 Å². The minimum atomic E-state index is -0.265. The lowest BCUT2D eigenvalue weighted by molar-refractivity contribution is -0.152. The SMILES string of the molecule is Cc1ccccc1NC(=O)CCC(=O)OC1CCC(C(C)(C)C)CC1. The molecular formula is C21H31NO3. The molecule has 1 saturated carbocycles. The Labute approximate surface area is 151 Å². The molecule has 0 atom stereocenters. The smallest absolute Gasteiger partial charge is 0.306 e. The molecule has 0 bridgehead atoms. The monoisotopic (exact) mass is 345 g/mol. The van der Waals surface area contributed by atoms with E-state index < -0.39 is 0 Å². The third-order valence-electron chi connectivity index (χ3n) is 5.17. The molecule has 1 fully saturated rings. The van der Waals surface area contributed by atoms with Crippen LogP contribution in [0, 0.1) is 18.3 Å². The maximum absolute atomic E-state index is 12.0. The van der Waals surface area contributed by atoms with Gasteiger partial charge in [0.05, 0.1) is 6.42 Å². The maximum atomic E-state index is 12.0. The van der Waals surface area contributed by atoms with Crippen LogP contribution in [0.4, 0.5) is 5.69 Å². The van der Waals surface area contributed by atoms with Crippen LogP contribution in [0.5, 0.6) is 0 Å². The molecule has 138 valence electrons. The number of esters is 1. The summed E-state index contributed by atoms with van der Waals surface area (Å²) in [5.74, 6) is 0.282. The van der Waals surface area contributed by atoms with Crippen molar-refractivity contribution >= 4 is 17.6 Å². The molecule has 0 unspecified atom stereocenters. The number of para-hydroxylation sites is 1. The quantitative estimate of drug-likeness (QED) is 0.775. The van der Waals surface area contributed by atoms with E-state index in [4.69, 9.17) is 4.74 Å². The number of anilines is 1. The van der Waals surface area contributed by atoms with Gasteiger partial charge in [-0.2, -0.15) is 0 Å². The highest BCUT2D eigenvalue weighted by molar-refractivity contribution is 5.93. The second-order valence-electron chi connectivity index (χ2n) is 8.19. The van der Waals surface area contributed by atoms with E-state index in [-0.39, 0.29) is 30.8 Å². The summed E-state index contributed by atoms with van der Waals surface area (Å²) in [7, 11) is 0. The van der Waals surface area contributed by atoms with Gasteiger partial charge in [-0.1, -0.05) is 39.0 Å². The zero-order valence-electron chi connectivity index (χ0n) is 15.9. The van der Waals surface area contributed by atoms with Crippen molar-refractivity contribution < 1.29 is 14.3 Å². The summed E-state index contributed by atoms with van der Waals surface area (Å²) >= 11 is 0. The number of hydrogen-bond acceptors (Lipinski definition) is 3. The normalized spacial score (nSPS) is 20.8. The van der Waals surface area contributed by atoms with Crippen LogP contribution in [0.3, 0.4) is 0 Å². The molecule has 1 aliphatic carbocycles. The Morgan fingerprint density at radius 1 is 1.08 bits per heavy atom. The van der Waals surface area contributed by atoms with E-state index in [2.05, 4.69) is 26.1 Å². The topological polar surface area (TPSA) is 55.4 Å². The molecule has 0 heterocycles. The van der Waals surface area contributed by atoms with Crippen LogP contribution >= 0.6 is 0 Å². The van der Waals surface area contributed by atoms with E-state index in [9.17, 15) is 9.59 Å². The molecule has 4 nitrogen and oxygen atoms in total. The van der Waals surface area contributed by atoms with Crippen molar-refractivity contribution in [3.8, 4) is 0 Å². The standard InChI is InChI=1S/C21H31NO3/c1-15-7-5-6-8-18(15)22-19(23)13-14-20(24)25-17-11-9-16(10-12-17)21(2,3)4/h5-8,16-17H,9-14H2,1-4H3,(H,22,23). The summed E-state index contributed by atoms with van der Waals surface area (Å²) in [6, 6.07) is 7.61. The fourth-order valence-corrected chi connectivity index (χ4v) is 3.43. The highest BCUT2D eigenvalue weighted by Crippen LogP contribution is 2.38. The first-order valence-electron chi connectivity index (χ1n) is 9.30. The summed E-state index contributed by atoms with van der Waals surface area (Å²) in [5, 5.41) is 2.84. The second kappa shape index (κ2) is 8.50. The van der Waals surface area contributed by atoms with E-state index in [0.29, 0.717) is 11.3 Å². The van der Waals surface area contributed by atoms with Crippen LogP contribution in [-0.2, 0) is 14.3 Å². The number of aryl methyl sites for hydroxylation is 1. The van der Waals surface area contributed by atoms with Crippen LogP contribution in [0.1, 0.15) is 64.9 Å². The molecule has 0 radical (unpaired) electrons. The molecule has 2 rings (SSSR count). The van der Waals surface area contributed by atoms with E-state index >= 15 is 0 Å². The van der Waals surface area contributed by atoms with Gasteiger partial charge >= 0.3 is 5.97 Å². The van der Waals surface area contributed by atoms with Gasteiger partial charge in [-0.3, -0.25) is 9.59 Å². The fourth-order valence-electron chi connectivity index (χ4n) is 3.43. The Kier molecular flexibility index (Phi) is 6.63. The first kappa shape index (κ1) is 19.5. The summed E-state index contributed by atoms with van der Waals surface area (Å²) in [6.07, 6.45) is 4.39. The number of carbonyl (C=O) groups is 2. The highest BCUT2D eigenvalue weighted by Gasteiger charge is 2.31. The number of amides is 1. The predicted octanol–water partition coefficient (Wildman–Crippen LogP) is 4.86. The molecule has 0 saturated heterocycles. The van der Waals surface area contributed by atoms with Crippen LogP contribution in [0.15, 0.2) is 24.3 Å². The second-order valence-corrected chi connectivity index (χ2v) is 8.19. The predicted molar refractivity (Wildman–Crippen MR) is 100 cm³/mol. The summed E-state index contributed by atoms with van der Waals surface area (Å²) in [6.45, 7) is 8.77. The Morgan fingerprint density at radius 2 is 1.72 bits per heavy atom. The molecule has 25 heavy (non-hydrogen) atoms. The molecular weight excluding hydrogens is 314 g/mol. The lowest BCUT2D eigenvalue weighted by Crippen LogP contribution is -2.30. The van der Waals surface area contributed by atoms with Crippen LogP contribution in [0.25, 0.3) is 0 Å². The molecule has 1 amide bonds. The van der Waals surface area contributed by atoms with Crippen molar-refractivity contribution in [1.29, 1.82) is 0 Å². The van der Waals surface area contributed by atoms with Gasteiger partial charge in [0.2, 0.25) is 5.91 Å². The third kappa shape index (κ3) is 6.18. The van der Waals surface area contributed by atoms with Gasteiger partial charge in [-0.05, 0) is 55.6 Å². The van der Waals surface area contributed by atoms with Crippen molar-refractivity contribution in [1.82, 2.24) is 0 Å².